The van der Waals surface area contributed by atoms with Crippen LogP contribution in [0.4, 0.5) is 0 Å². The number of thiazole rings is 1. The summed E-state index contributed by atoms with van der Waals surface area (Å²) >= 11 is 1.36. The number of allylic oxidation sites excluding steroid dienone is 3. The molecule has 0 amide bonds. The number of aldehydes is 1. The van der Waals surface area contributed by atoms with Gasteiger partial charge in [0.2, 0.25) is 0 Å². The van der Waals surface area contributed by atoms with Gasteiger partial charge in [0, 0.05) is 19.7 Å². The third-order valence-electron chi connectivity index (χ3n) is 3.94. The molecule has 27 heavy (non-hydrogen) atoms. The lowest BCUT2D eigenvalue weighted by molar-refractivity contribution is 0.111. The molecule has 2 aromatic heterocycles. The first-order valence-corrected chi connectivity index (χ1v) is 9.09. The molecule has 0 aromatic carbocycles. The Morgan fingerprint density at radius 2 is 2.26 bits per heavy atom. The van der Waals surface area contributed by atoms with Gasteiger partial charge in [-0.3, -0.25) is 9.80 Å². The third-order valence-corrected chi connectivity index (χ3v) is 5.00. The molecule has 8 heteroatoms. The van der Waals surface area contributed by atoms with E-state index in [1.165, 1.54) is 11.3 Å². The highest BCUT2D eigenvalue weighted by atomic mass is 32.1. The Bertz CT molecular complexity index is 921. The average molecular weight is 388 g/mol. The van der Waals surface area contributed by atoms with Gasteiger partial charge in [0.15, 0.2) is 11.9 Å². The van der Waals surface area contributed by atoms with Gasteiger partial charge >= 0.3 is 0 Å². The van der Waals surface area contributed by atoms with Crippen molar-refractivity contribution in [2.75, 3.05) is 20.7 Å². The predicted octanol–water partition coefficient (Wildman–Crippen LogP) is 2.87. The second kappa shape index (κ2) is 9.29. The van der Waals surface area contributed by atoms with Crippen LogP contribution in [-0.2, 0) is 18.4 Å². The van der Waals surface area contributed by atoms with Crippen molar-refractivity contribution in [2.45, 2.75) is 13.5 Å². The minimum atomic E-state index is -0.132. The van der Waals surface area contributed by atoms with Crippen LogP contribution in [0, 0.1) is 0 Å². The van der Waals surface area contributed by atoms with E-state index in [-0.39, 0.29) is 6.61 Å². The molecule has 0 radical (unpaired) electrons. The number of carbonyl (C=O) groups is 1. The Kier molecular flexibility index (Phi) is 7.09. The number of fused-ring (bicyclic) bond motifs is 1. The fourth-order valence-corrected chi connectivity index (χ4v) is 3.56. The zero-order chi connectivity index (χ0) is 20.0. The van der Waals surface area contributed by atoms with E-state index < -0.39 is 0 Å². The largest absolute Gasteiger partial charge is 0.501 e. The number of ether oxygens (including phenoxy) is 1. The van der Waals surface area contributed by atoms with Crippen molar-refractivity contribution in [1.29, 1.82) is 0 Å². The first-order chi connectivity index (χ1) is 12.9. The molecule has 0 fully saturated rings. The third kappa shape index (κ3) is 4.72. The summed E-state index contributed by atoms with van der Waals surface area (Å²) in [5.41, 5.74) is 2.85. The van der Waals surface area contributed by atoms with Crippen molar-refractivity contribution in [3.05, 3.63) is 52.4 Å². The maximum Gasteiger partial charge on any atom is 0.167 e. The lowest BCUT2D eigenvalue weighted by atomic mass is 10.2. The highest BCUT2D eigenvalue weighted by Gasteiger charge is 2.18. The quantitative estimate of drug-likeness (QED) is 0.235. The molecule has 0 spiro atoms. The van der Waals surface area contributed by atoms with E-state index in [4.69, 9.17) is 4.74 Å². The maximum absolute atomic E-state index is 11.5. The van der Waals surface area contributed by atoms with Crippen LogP contribution in [0.15, 0.2) is 41.2 Å². The first-order valence-electron chi connectivity index (χ1n) is 8.28. The Hall–Kier alpha value is -2.71. The topological polar surface area (TPSA) is 80.0 Å². The minimum absolute atomic E-state index is 0.132. The van der Waals surface area contributed by atoms with E-state index in [0.29, 0.717) is 28.5 Å². The van der Waals surface area contributed by atoms with Crippen LogP contribution in [0.1, 0.15) is 28.0 Å². The zero-order valence-electron chi connectivity index (χ0n) is 16.0. The first kappa shape index (κ1) is 20.6. The van der Waals surface area contributed by atoms with Crippen molar-refractivity contribution >= 4 is 34.2 Å². The maximum atomic E-state index is 11.5. The summed E-state index contributed by atoms with van der Waals surface area (Å²) in [4.78, 5) is 15.9. The lowest BCUT2D eigenvalue weighted by Gasteiger charge is -2.14. The van der Waals surface area contributed by atoms with Crippen LogP contribution < -0.4 is 0 Å². The highest BCUT2D eigenvalue weighted by Crippen LogP contribution is 2.29. The van der Waals surface area contributed by atoms with Crippen LogP contribution in [0.3, 0.4) is 0 Å². The Morgan fingerprint density at radius 3 is 2.85 bits per heavy atom. The summed E-state index contributed by atoms with van der Waals surface area (Å²) in [7, 11) is 5.24. The van der Waals surface area contributed by atoms with Gasteiger partial charge in [-0.2, -0.15) is 5.10 Å². The van der Waals surface area contributed by atoms with Crippen molar-refractivity contribution in [3.8, 4) is 0 Å². The number of hydrogen-bond donors (Lipinski definition) is 1. The molecule has 0 aliphatic rings. The molecule has 144 valence electrons. The number of nitrogens with zero attached hydrogens (tertiary/aromatic N) is 4. The van der Waals surface area contributed by atoms with Crippen molar-refractivity contribution in [1.82, 2.24) is 14.6 Å². The fraction of sp³-hybridized carbons (Fsp3) is 0.316. The van der Waals surface area contributed by atoms with E-state index in [2.05, 4.69) is 16.7 Å². The minimum Gasteiger partial charge on any atom is -0.501 e. The molecule has 2 aromatic rings. The zero-order valence-corrected chi connectivity index (χ0v) is 16.8. The van der Waals surface area contributed by atoms with Gasteiger partial charge in [-0.25, -0.2) is 4.98 Å². The summed E-state index contributed by atoms with van der Waals surface area (Å²) in [6.07, 6.45) is 7.97. The predicted molar refractivity (Wildman–Crippen MR) is 109 cm³/mol. The Balaban J connectivity index is 2.31. The van der Waals surface area contributed by atoms with Crippen LogP contribution in [0.5, 0.6) is 0 Å². The number of hydrazone groups is 1. The molecule has 2 rings (SSSR count). The van der Waals surface area contributed by atoms with Gasteiger partial charge in [-0.15, -0.1) is 11.3 Å². The van der Waals surface area contributed by atoms with Gasteiger partial charge in [0.1, 0.15) is 5.01 Å². The van der Waals surface area contributed by atoms with E-state index >= 15 is 0 Å². The number of methoxy groups -OCH3 is 1. The number of likely N-dealkylation sites (N-methyl/N-ethyl adjacent to an activating group) is 1. The van der Waals surface area contributed by atoms with Gasteiger partial charge in [-0.05, 0) is 18.6 Å². The summed E-state index contributed by atoms with van der Waals surface area (Å²) in [6.45, 7) is 6.02. The summed E-state index contributed by atoms with van der Waals surface area (Å²) in [5.74, 6) is 0.787. The number of rotatable bonds is 9. The summed E-state index contributed by atoms with van der Waals surface area (Å²) in [5, 5.41) is 16.2. The van der Waals surface area contributed by atoms with Crippen LogP contribution >= 0.6 is 11.3 Å². The molecule has 2 heterocycles. The van der Waals surface area contributed by atoms with Crippen LogP contribution in [-0.4, -0.2) is 52.9 Å². The second-order valence-electron chi connectivity index (χ2n) is 5.89. The lowest BCUT2D eigenvalue weighted by Crippen LogP contribution is -2.14. The van der Waals surface area contributed by atoms with E-state index in [1.54, 1.807) is 36.0 Å². The molecule has 0 atom stereocenters. The number of aryl methyl sites for hydroxylation is 1. The summed E-state index contributed by atoms with van der Waals surface area (Å²) < 4.78 is 7.74. The average Bonchev–Trinajstić information content (AvgIpc) is 3.18. The van der Waals surface area contributed by atoms with Gasteiger partial charge in [0.25, 0.3) is 0 Å². The Labute approximate surface area is 162 Å². The number of hydrogen-bond acceptors (Lipinski definition) is 7. The SMILES string of the molecule is C=C/C=C(\C=C(/C)OC)CN(C)/N=C\c1c(C=O)n(C)c2nc(CO)sc12. The van der Waals surface area contributed by atoms with E-state index in [9.17, 15) is 9.90 Å². The van der Waals surface area contributed by atoms with Gasteiger partial charge in [-0.1, -0.05) is 18.7 Å². The molecule has 0 saturated heterocycles. The molecular formula is C19H24N4O3S. The Morgan fingerprint density at radius 1 is 1.52 bits per heavy atom. The molecule has 7 nitrogen and oxygen atoms in total. The van der Waals surface area contributed by atoms with Crippen molar-refractivity contribution in [3.63, 3.8) is 0 Å². The molecule has 0 unspecified atom stereocenters. The van der Waals surface area contributed by atoms with E-state index in [1.807, 2.05) is 26.1 Å². The monoisotopic (exact) mass is 388 g/mol. The number of aliphatic hydroxyl groups is 1. The van der Waals surface area contributed by atoms with Crippen LogP contribution in [0.2, 0.25) is 0 Å². The normalized spacial score (nSPS) is 12.8. The summed E-state index contributed by atoms with van der Waals surface area (Å²) in [6, 6.07) is 0. The second-order valence-corrected chi connectivity index (χ2v) is 6.97. The molecule has 0 aliphatic carbocycles. The van der Waals surface area contributed by atoms with Crippen molar-refractivity contribution in [2.24, 2.45) is 12.1 Å². The standard InChI is InChI=1S/C19H24N4O3S/c1-6-7-14(8-13(2)26-5)10-22(3)20-9-15-16(11-24)23(4)19-18(15)27-17(12-25)21-19/h6-9,11,25H,1,10,12H2,2-5H3/b13-8+,14-7+,20-9-. The van der Waals surface area contributed by atoms with E-state index in [0.717, 1.165) is 22.3 Å². The molecule has 1 N–H and O–H groups in total. The molecule has 0 aliphatic heterocycles. The fourth-order valence-electron chi connectivity index (χ4n) is 2.58. The number of aliphatic hydroxyl groups excluding tert-OH is 1. The molecule has 0 bridgehead atoms. The molecule has 0 saturated carbocycles. The van der Waals surface area contributed by atoms with Crippen molar-refractivity contribution < 1.29 is 14.6 Å². The highest BCUT2D eigenvalue weighted by molar-refractivity contribution is 7.19. The number of carbonyl (C=O) groups excluding carboxylic acids is 1. The van der Waals surface area contributed by atoms with Gasteiger partial charge < -0.3 is 14.4 Å². The smallest absolute Gasteiger partial charge is 0.167 e. The number of aromatic nitrogens is 2. The molecular weight excluding hydrogens is 364 g/mol. The van der Waals surface area contributed by atoms with Gasteiger partial charge in [0.05, 0.1) is 42.6 Å². The van der Waals surface area contributed by atoms with Crippen LogP contribution in [0.25, 0.3) is 10.3 Å².